The van der Waals surface area contributed by atoms with Crippen LogP contribution < -0.4 is 4.74 Å². The molecule has 0 saturated carbocycles. The Morgan fingerprint density at radius 2 is 1.78 bits per heavy atom. The molecule has 0 spiro atoms. The molecule has 0 atom stereocenters. The van der Waals surface area contributed by atoms with Crippen LogP contribution in [0.5, 0.6) is 5.75 Å². The fourth-order valence-corrected chi connectivity index (χ4v) is 2.15. The van der Waals surface area contributed by atoms with Crippen molar-refractivity contribution in [1.82, 2.24) is 0 Å². The number of carboxylic acid groups (broad SMARTS) is 1. The second kappa shape index (κ2) is 5.67. The number of hydrogen-bond acceptors (Lipinski definition) is 3. The summed E-state index contributed by atoms with van der Waals surface area (Å²) in [5.74, 6) is -1.02. The van der Waals surface area contributed by atoms with Crippen molar-refractivity contribution in [3.05, 3.63) is 29.8 Å². The van der Waals surface area contributed by atoms with Gasteiger partial charge in [0.15, 0.2) is 0 Å². The number of aliphatic carboxylic acids is 1. The summed E-state index contributed by atoms with van der Waals surface area (Å²) >= 11 is 0. The summed E-state index contributed by atoms with van der Waals surface area (Å²) < 4.78 is 5.10. The average molecular weight is 250 g/mol. The zero-order valence-electron chi connectivity index (χ0n) is 10.9. The number of benzene rings is 1. The first-order valence-electron chi connectivity index (χ1n) is 5.99. The molecule has 0 radical (unpaired) electrons. The number of carbonyl (C=O) groups excluding carboxylic acids is 1. The van der Waals surface area contributed by atoms with Gasteiger partial charge in [0.2, 0.25) is 0 Å². The van der Waals surface area contributed by atoms with Gasteiger partial charge in [0.05, 0.1) is 5.41 Å². The van der Waals surface area contributed by atoms with Crippen molar-refractivity contribution < 1.29 is 19.4 Å². The van der Waals surface area contributed by atoms with E-state index < -0.39 is 17.4 Å². The van der Waals surface area contributed by atoms with E-state index in [1.54, 1.807) is 24.3 Å². The van der Waals surface area contributed by atoms with Gasteiger partial charge in [-0.1, -0.05) is 32.0 Å². The topological polar surface area (TPSA) is 63.6 Å². The van der Waals surface area contributed by atoms with Crippen LogP contribution in [0.15, 0.2) is 24.3 Å². The molecule has 0 aliphatic heterocycles. The quantitative estimate of drug-likeness (QED) is 0.644. The SMILES string of the molecule is CCC(CC)(C(=O)O)c1ccccc1OC(C)=O. The highest BCUT2D eigenvalue weighted by Crippen LogP contribution is 2.37. The summed E-state index contributed by atoms with van der Waals surface area (Å²) in [4.78, 5) is 22.7. The van der Waals surface area contributed by atoms with Crippen molar-refractivity contribution in [3.8, 4) is 5.75 Å². The van der Waals surface area contributed by atoms with Gasteiger partial charge in [-0.15, -0.1) is 0 Å². The van der Waals surface area contributed by atoms with E-state index in [4.69, 9.17) is 4.74 Å². The average Bonchev–Trinajstić information content (AvgIpc) is 2.32. The van der Waals surface area contributed by atoms with Gasteiger partial charge < -0.3 is 9.84 Å². The summed E-state index contributed by atoms with van der Waals surface area (Å²) in [6, 6.07) is 6.81. The lowest BCUT2D eigenvalue weighted by Gasteiger charge is -2.28. The lowest BCUT2D eigenvalue weighted by atomic mass is 9.75. The number of esters is 1. The Bertz CT molecular complexity index is 447. The number of carboxylic acids is 1. The number of carbonyl (C=O) groups is 2. The molecule has 0 aliphatic carbocycles. The first-order chi connectivity index (χ1) is 8.47. The maximum absolute atomic E-state index is 11.6. The Morgan fingerprint density at radius 3 is 2.22 bits per heavy atom. The normalized spacial score (nSPS) is 11.1. The Morgan fingerprint density at radius 1 is 1.22 bits per heavy atom. The van der Waals surface area contributed by atoms with E-state index in [-0.39, 0.29) is 0 Å². The molecule has 0 amide bonds. The summed E-state index contributed by atoms with van der Waals surface area (Å²) in [5, 5.41) is 9.50. The molecular weight excluding hydrogens is 232 g/mol. The third kappa shape index (κ3) is 2.53. The maximum atomic E-state index is 11.6. The number of para-hydroxylation sites is 1. The third-order valence-corrected chi connectivity index (χ3v) is 3.27. The molecule has 0 aromatic heterocycles. The van der Waals surface area contributed by atoms with Crippen molar-refractivity contribution >= 4 is 11.9 Å². The van der Waals surface area contributed by atoms with E-state index in [0.717, 1.165) is 0 Å². The zero-order valence-corrected chi connectivity index (χ0v) is 10.9. The number of rotatable bonds is 5. The number of hydrogen-bond donors (Lipinski definition) is 1. The third-order valence-electron chi connectivity index (χ3n) is 3.27. The van der Waals surface area contributed by atoms with Crippen LogP contribution in [-0.4, -0.2) is 17.0 Å². The smallest absolute Gasteiger partial charge is 0.314 e. The first kappa shape index (κ1) is 14.2. The highest BCUT2D eigenvalue weighted by atomic mass is 16.5. The minimum absolute atomic E-state index is 0.330. The van der Waals surface area contributed by atoms with Crippen molar-refractivity contribution in [2.45, 2.75) is 39.0 Å². The van der Waals surface area contributed by atoms with Gasteiger partial charge >= 0.3 is 11.9 Å². The van der Waals surface area contributed by atoms with Crippen LogP contribution in [0.3, 0.4) is 0 Å². The van der Waals surface area contributed by atoms with E-state index >= 15 is 0 Å². The molecule has 0 aliphatic rings. The summed E-state index contributed by atoms with van der Waals surface area (Å²) in [6.45, 7) is 4.95. The fraction of sp³-hybridized carbons (Fsp3) is 0.429. The lowest BCUT2D eigenvalue weighted by Crippen LogP contribution is -2.35. The van der Waals surface area contributed by atoms with Crippen LogP contribution in [0, 0.1) is 0 Å². The summed E-state index contributed by atoms with van der Waals surface area (Å²) in [6.07, 6.45) is 0.883. The highest BCUT2D eigenvalue weighted by Gasteiger charge is 2.39. The fourth-order valence-electron chi connectivity index (χ4n) is 2.15. The Kier molecular flexibility index (Phi) is 4.48. The van der Waals surface area contributed by atoms with Crippen molar-refractivity contribution in [3.63, 3.8) is 0 Å². The van der Waals surface area contributed by atoms with Crippen molar-refractivity contribution in [2.24, 2.45) is 0 Å². The van der Waals surface area contributed by atoms with Crippen LogP contribution in [0.4, 0.5) is 0 Å². The van der Waals surface area contributed by atoms with Gasteiger partial charge in [-0.05, 0) is 18.9 Å². The van der Waals surface area contributed by atoms with Gasteiger partial charge in [0, 0.05) is 12.5 Å². The molecular formula is C14H18O4. The first-order valence-corrected chi connectivity index (χ1v) is 5.99. The monoisotopic (exact) mass is 250 g/mol. The van der Waals surface area contributed by atoms with E-state index in [1.807, 2.05) is 13.8 Å². The molecule has 0 unspecified atom stereocenters. The molecule has 0 saturated heterocycles. The number of ether oxygens (including phenoxy) is 1. The predicted octanol–water partition coefficient (Wildman–Crippen LogP) is 2.75. The van der Waals surface area contributed by atoms with Crippen LogP contribution in [0.25, 0.3) is 0 Å². The van der Waals surface area contributed by atoms with Crippen LogP contribution in [-0.2, 0) is 15.0 Å². The molecule has 1 rings (SSSR count). The Hall–Kier alpha value is -1.84. The molecule has 98 valence electrons. The Labute approximate surface area is 107 Å². The van der Waals surface area contributed by atoms with E-state index in [0.29, 0.717) is 24.2 Å². The minimum Gasteiger partial charge on any atom is -0.481 e. The molecule has 4 nitrogen and oxygen atoms in total. The second-order valence-electron chi connectivity index (χ2n) is 4.18. The van der Waals surface area contributed by atoms with E-state index in [9.17, 15) is 14.7 Å². The largest absolute Gasteiger partial charge is 0.481 e. The van der Waals surface area contributed by atoms with Gasteiger partial charge in [0.25, 0.3) is 0 Å². The van der Waals surface area contributed by atoms with Crippen LogP contribution in [0.1, 0.15) is 39.2 Å². The molecule has 1 N–H and O–H groups in total. The standard InChI is InChI=1S/C14H18O4/c1-4-14(5-2,13(16)17)11-8-6-7-9-12(11)18-10(3)15/h6-9H,4-5H2,1-3H3,(H,16,17). The van der Waals surface area contributed by atoms with Crippen molar-refractivity contribution in [2.75, 3.05) is 0 Å². The molecule has 1 aromatic rings. The highest BCUT2D eigenvalue weighted by molar-refractivity contribution is 5.83. The Balaban J connectivity index is 3.36. The van der Waals surface area contributed by atoms with E-state index in [1.165, 1.54) is 6.92 Å². The van der Waals surface area contributed by atoms with E-state index in [2.05, 4.69) is 0 Å². The molecule has 18 heavy (non-hydrogen) atoms. The predicted molar refractivity (Wildman–Crippen MR) is 67.6 cm³/mol. The molecule has 4 heteroatoms. The maximum Gasteiger partial charge on any atom is 0.314 e. The van der Waals surface area contributed by atoms with Gasteiger partial charge in [-0.2, -0.15) is 0 Å². The molecule has 0 heterocycles. The van der Waals surface area contributed by atoms with Gasteiger partial charge in [-0.25, -0.2) is 0 Å². The van der Waals surface area contributed by atoms with Crippen LogP contribution >= 0.6 is 0 Å². The summed E-state index contributed by atoms with van der Waals surface area (Å²) in [5.41, 5.74) is -0.454. The van der Waals surface area contributed by atoms with Gasteiger partial charge in [-0.3, -0.25) is 9.59 Å². The molecule has 0 fully saturated rings. The molecule has 1 aromatic carbocycles. The lowest BCUT2D eigenvalue weighted by molar-refractivity contribution is -0.144. The van der Waals surface area contributed by atoms with Crippen molar-refractivity contribution in [1.29, 1.82) is 0 Å². The van der Waals surface area contributed by atoms with Crippen LogP contribution in [0.2, 0.25) is 0 Å². The summed E-state index contributed by atoms with van der Waals surface area (Å²) in [7, 11) is 0. The second-order valence-corrected chi connectivity index (χ2v) is 4.18. The zero-order chi connectivity index (χ0) is 13.8. The minimum atomic E-state index is -1.01. The molecule has 0 bridgehead atoms. The van der Waals surface area contributed by atoms with Gasteiger partial charge in [0.1, 0.15) is 5.75 Å².